The minimum Gasteiger partial charge on any atom is -0.314 e. The first kappa shape index (κ1) is 11.7. The number of rotatable bonds is 6. The molecule has 0 aliphatic rings. The van der Waals surface area contributed by atoms with Gasteiger partial charge in [0.15, 0.2) is 0 Å². The zero-order chi connectivity index (χ0) is 10.4. The normalized spacial score (nSPS) is 13.1. The molecule has 0 saturated carbocycles. The summed E-state index contributed by atoms with van der Waals surface area (Å²) in [5.74, 6) is 0. The second kappa shape index (κ2) is 6.14. The van der Waals surface area contributed by atoms with Crippen molar-refractivity contribution in [3.63, 3.8) is 0 Å². The van der Waals surface area contributed by atoms with Crippen molar-refractivity contribution in [3.8, 4) is 0 Å². The fraction of sp³-hybridized carbons (Fsp3) is 0.727. The fourth-order valence-electron chi connectivity index (χ4n) is 1.48. The average Bonchev–Trinajstić information content (AvgIpc) is 2.52. The number of aryl methyl sites for hydroxylation is 1. The Labute approximate surface area is 90.8 Å². The SMILES string of the molecule is CCCC(C)NCCc1ncc(C)s1. The maximum absolute atomic E-state index is 4.34. The Kier molecular flexibility index (Phi) is 5.12. The van der Waals surface area contributed by atoms with Crippen LogP contribution in [0.3, 0.4) is 0 Å². The van der Waals surface area contributed by atoms with Gasteiger partial charge in [-0.2, -0.15) is 0 Å². The van der Waals surface area contributed by atoms with Gasteiger partial charge in [0.2, 0.25) is 0 Å². The Hall–Kier alpha value is -0.410. The predicted octanol–water partition coefficient (Wildman–Crippen LogP) is 2.77. The lowest BCUT2D eigenvalue weighted by Gasteiger charge is -2.11. The summed E-state index contributed by atoms with van der Waals surface area (Å²) in [4.78, 5) is 5.64. The number of nitrogens with one attached hydrogen (secondary N) is 1. The Bertz CT molecular complexity index is 258. The van der Waals surface area contributed by atoms with Crippen molar-refractivity contribution in [2.75, 3.05) is 6.54 Å². The van der Waals surface area contributed by atoms with Crippen LogP contribution in [0.15, 0.2) is 6.20 Å². The number of hydrogen-bond donors (Lipinski definition) is 1. The summed E-state index contributed by atoms with van der Waals surface area (Å²) in [7, 11) is 0. The van der Waals surface area contributed by atoms with Crippen LogP contribution < -0.4 is 5.32 Å². The minimum atomic E-state index is 0.640. The van der Waals surface area contributed by atoms with Crippen molar-refractivity contribution in [1.82, 2.24) is 10.3 Å². The highest BCUT2D eigenvalue weighted by Crippen LogP contribution is 2.11. The molecule has 1 rings (SSSR count). The molecule has 2 nitrogen and oxygen atoms in total. The molecular formula is C11H20N2S. The van der Waals surface area contributed by atoms with Crippen molar-refractivity contribution in [3.05, 3.63) is 16.1 Å². The van der Waals surface area contributed by atoms with Crippen molar-refractivity contribution >= 4 is 11.3 Å². The molecule has 0 fully saturated rings. The molecule has 0 aliphatic heterocycles. The predicted molar refractivity (Wildman–Crippen MR) is 62.9 cm³/mol. The van der Waals surface area contributed by atoms with Crippen LogP contribution in [0.5, 0.6) is 0 Å². The Morgan fingerprint density at radius 1 is 1.57 bits per heavy atom. The van der Waals surface area contributed by atoms with Crippen molar-refractivity contribution in [2.24, 2.45) is 0 Å². The van der Waals surface area contributed by atoms with Gasteiger partial charge >= 0.3 is 0 Å². The van der Waals surface area contributed by atoms with E-state index in [-0.39, 0.29) is 0 Å². The molecule has 0 aliphatic carbocycles. The van der Waals surface area contributed by atoms with E-state index in [0.717, 1.165) is 13.0 Å². The maximum Gasteiger partial charge on any atom is 0.0940 e. The molecule has 1 aromatic heterocycles. The summed E-state index contributed by atoms with van der Waals surface area (Å²) in [6.07, 6.45) is 5.53. The lowest BCUT2D eigenvalue weighted by Crippen LogP contribution is -2.27. The molecule has 1 atom stereocenters. The van der Waals surface area contributed by atoms with Crippen molar-refractivity contribution < 1.29 is 0 Å². The first-order valence-electron chi connectivity index (χ1n) is 5.37. The molecule has 80 valence electrons. The molecule has 3 heteroatoms. The summed E-state index contributed by atoms with van der Waals surface area (Å²) >= 11 is 1.80. The molecule has 1 heterocycles. The zero-order valence-corrected chi connectivity index (χ0v) is 10.2. The molecule has 0 spiro atoms. The van der Waals surface area contributed by atoms with Gasteiger partial charge in [0, 0.05) is 30.1 Å². The van der Waals surface area contributed by atoms with Crippen LogP contribution in [0.2, 0.25) is 0 Å². The third-order valence-corrected chi connectivity index (χ3v) is 3.20. The van der Waals surface area contributed by atoms with Gasteiger partial charge in [-0.3, -0.25) is 0 Å². The van der Waals surface area contributed by atoms with E-state index >= 15 is 0 Å². The van der Waals surface area contributed by atoms with Gasteiger partial charge in [-0.05, 0) is 20.3 Å². The van der Waals surface area contributed by atoms with Crippen LogP contribution >= 0.6 is 11.3 Å². The van der Waals surface area contributed by atoms with E-state index in [1.807, 2.05) is 6.20 Å². The van der Waals surface area contributed by atoms with Crippen LogP contribution in [-0.2, 0) is 6.42 Å². The van der Waals surface area contributed by atoms with E-state index < -0.39 is 0 Å². The second-order valence-electron chi connectivity index (χ2n) is 3.76. The van der Waals surface area contributed by atoms with Gasteiger partial charge in [0.1, 0.15) is 0 Å². The molecule has 14 heavy (non-hydrogen) atoms. The van der Waals surface area contributed by atoms with Crippen molar-refractivity contribution in [2.45, 2.75) is 46.1 Å². The first-order chi connectivity index (χ1) is 6.72. The Morgan fingerprint density at radius 3 is 2.93 bits per heavy atom. The van der Waals surface area contributed by atoms with Gasteiger partial charge in [0.25, 0.3) is 0 Å². The molecule has 0 amide bonds. The van der Waals surface area contributed by atoms with E-state index in [1.54, 1.807) is 11.3 Å². The largest absolute Gasteiger partial charge is 0.314 e. The maximum atomic E-state index is 4.34. The van der Waals surface area contributed by atoms with Crippen LogP contribution in [-0.4, -0.2) is 17.6 Å². The number of aromatic nitrogens is 1. The summed E-state index contributed by atoms with van der Waals surface area (Å²) < 4.78 is 0. The molecule has 1 N–H and O–H groups in total. The summed E-state index contributed by atoms with van der Waals surface area (Å²) in [6.45, 7) is 7.63. The molecule has 1 unspecified atom stereocenters. The van der Waals surface area contributed by atoms with Crippen LogP contribution in [0.25, 0.3) is 0 Å². The van der Waals surface area contributed by atoms with E-state index in [2.05, 4.69) is 31.1 Å². The van der Waals surface area contributed by atoms with Crippen LogP contribution in [0.1, 0.15) is 36.6 Å². The molecule has 1 aromatic rings. The summed E-state index contributed by atoms with van der Waals surface area (Å²) in [5, 5.41) is 4.76. The van der Waals surface area contributed by atoms with Crippen LogP contribution in [0.4, 0.5) is 0 Å². The summed E-state index contributed by atoms with van der Waals surface area (Å²) in [6, 6.07) is 0.640. The van der Waals surface area contributed by atoms with Gasteiger partial charge < -0.3 is 5.32 Å². The Morgan fingerprint density at radius 2 is 2.36 bits per heavy atom. The third-order valence-electron chi connectivity index (χ3n) is 2.22. The van der Waals surface area contributed by atoms with Gasteiger partial charge in [-0.1, -0.05) is 13.3 Å². The smallest absolute Gasteiger partial charge is 0.0940 e. The monoisotopic (exact) mass is 212 g/mol. The minimum absolute atomic E-state index is 0.640. The standard InChI is InChI=1S/C11H20N2S/c1-4-5-9(2)12-7-6-11-13-8-10(3)14-11/h8-9,12H,4-7H2,1-3H3. The number of nitrogens with zero attached hydrogens (tertiary/aromatic N) is 1. The highest BCUT2D eigenvalue weighted by atomic mass is 32.1. The quantitative estimate of drug-likeness (QED) is 0.784. The molecular weight excluding hydrogens is 192 g/mol. The van der Waals surface area contributed by atoms with Gasteiger partial charge in [-0.25, -0.2) is 4.98 Å². The van der Waals surface area contributed by atoms with E-state index in [4.69, 9.17) is 0 Å². The Balaban J connectivity index is 2.15. The molecule has 0 saturated heterocycles. The zero-order valence-electron chi connectivity index (χ0n) is 9.34. The lowest BCUT2D eigenvalue weighted by molar-refractivity contribution is 0.512. The van der Waals surface area contributed by atoms with E-state index in [1.165, 1.54) is 22.7 Å². The highest BCUT2D eigenvalue weighted by molar-refractivity contribution is 7.11. The number of thiazole rings is 1. The summed E-state index contributed by atoms with van der Waals surface area (Å²) in [5.41, 5.74) is 0. The van der Waals surface area contributed by atoms with Gasteiger partial charge in [-0.15, -0.1) is 11.3 Å². The van der Waals surface area contributed by atoms with Crippen molar-refractivity contribution in [1.29, 1.82) is 0 Å². The topological polar surface area (TPSA) is 24.9 Å². The fourth-order valence-corrected chi connectivity index (χ4v) is 2.26. The average molecular weight is 212 g/mol. The molecule has 0 bridgehead atoms. The lowest BCUT2D eigenvalue weighted by atomic mass is 10.2. The van der Waals surface area contributed by atoms with E-state index in [0.29, 0.717) is 6.04 Å². The van der Waals surface area contributed by atoms with Gasteiger partial charge in [0.05, 0.1) is 5.01 Å². The van der Waals surface area contributed by atoms with E-state index in [9.17, 15) is 0 Å². The number of hydrogen-bond acceptors (Lipinski definition) is 3. The third kappa shape index (κ3) is 4.20. The first-order valence-corrected chi connectivity index (χ1v) is 6.18. The van der Waals surface area contributed by atoms with Crippen LogP contribution in [0, 0.1) is 6.92 Å². The molecule has 0 aromatic carbocycles. The molecule has 0 radical (unpaired) electrons. The highest BCUT2D eigenvalue weighted by Gasteiger charge is 2.01. The second-order valence-corrected chi connectivity index (χ2v) is 5.08.